The number of halogens is 1. The molecular weight excluding hydrogens is 171 g/mol. The van der Waals surface area contributed by atoms with Gasteiger partial charge in [0.1, 0.15) is 6.67 Å². The van der Waals surface area contributed by atoms with E-state index in [-0.39, 0.29) is 18.6 Å². The number of hydrogen-bond donors (Lipinski definition) is 0. The summed E-state index contributed by atoms with van der Waals surface area (Å²) in [6, 6.07) is -0.00366. The Morgan fingerprint density at radius 3 is 2.54 bits per heavy atom. The van der Waals surface area contributed by atoms with Gasteiger partial charge in [0.25, 0.3) is 0 Å². The molecule has 0 bridgehead atoms. The lowest BCUT2D eigenvalue weighted by molar-refractivity contribution is -0.145. The summed E-state index contributed by atoms with van der Waals surface area (Å²) in [5.74, 6) is 0.214. The van der Waals surface area contributed by atoms with E-state index in [1.165, 1.54) is 0 Å². The number of amides is 1. The summed E-state index contributed by atoms with van der Waals surface area (Å²) in [4.78, 5) is 15.5. The van der Waals surface area contributed by atoms with E-state index in [9.17, 15) is 9.18 Å². The first-order valence-electron chi connectivity index (χ1n) is 4.92. The first-order valence-corrected chi connectivity index (χ1v) is 4.92. The molecule has 2 heterocycles. The molecule has 74 valence electrons. The third kappa shape index (κ3) is 1.55. The predicted molar refractivity (Wildman–Crippen MR) is 47.2 cm³/mol. The first-order chi connectivity index (χ1) is 6.33. The maximum atomic E-state index is 12.0. The Bertz CT molecular complexity index is 206. The third-order valence-electron chi connectivity index (χ3n) is 2.96. The molecule has 0 aliphatic carbocycles. The second kappa shape index (κ2) is 3.62. The van der Waals surface area contributed by atoms with Gasteiger partial charge >= 0.3 is 0 Å². The molecule has 0 radical (unpaired) electrons. The van der Waals surface area contributed by atoms with E-state index in [4.69, 9.17) is 0 Å². The van der Waals surface area contributed by atoms with Crippen LogP contribution in [-0.2, 0) is 4.79 Å². The van der Waals surface area contributed by atoms with Crippen LogP contribution in [0.4, 0.5) is 4.39 Å². The van der Waals surface area contributed by atoms with E-state index < -0.39 is 0 Å². The monoisotopic (exact) mass is 186 g/mol. The lowest BCUT2D eigenvalue weighted by Crippen LogP contribution is -2.59. The Labute approximate surface area is 77.5 Å². The van der Waals surface area contributed by atoms with Crippen LogP contribution in [0.2, 0.25) is 0 Å². The molecule has 2 saturated heterocycles. The van der Waals surface area contributed by atoms with Gasteiger partial charge in [0.05, 0.1) is 6.04 Å². The van der Waals surface area contributed by atoms with E-state index in [1.807, 2.05) is 9.80 Å². The van der Waals surface area contributed by atoms with Crippen molar-refractivity contribution in [2.75, 3.05) is 32.9 Å². The summed E-state index contributed by atoms with van der Waals surface area (Å²) in [6.07, 6.45) is 2.04. The molecule has 1 atom stereocenters. The second-order valence-corrected chi connectivity index (χ2v) is 3.71. The van der Waals surface area contributed by atoms with Gasteiger partial charge in [0, 0.05) is 26.2 Å². The van der Waals surface area contributed by atoms with Gasteiger partial charge in [0.15, 0.2) is 0 Å². The Morgan fingerprint density at radius 1 is 1.38 bits per heavy atom. The van der Waals surface area contributed by atoms with Crippen LogP contribution in [0, 0.1) is 0 Å². The molecule has 13 heavy (non-hydrogen) atoms. The molecule has 2 aliphatic rings. The van der Waals surface area contributed by atoms with Crippen molar-refractivity contribution in [3.8, 4) is 0 Å². The second-order valence-electron chi connectivity index (χ2n) is 3.71. The molecule has 0 aromatic heterocycles. The normalized spacial score (nSPS) is 28.1. The minimum Gasteiger partial charge on any atom is -0.341 e. The zero-order valence-corrected chi connectivity index (χ0v) is 7.71. The fourth-order valence-electron chi connectivity index (χ4n) is 1.84. The van der Waals surface area contributed by atoms with Crippen molar-refractivity contribution < 1.29 is 9.18 Å². The van der Waals surface area contributed by atoms with Crippen LogP contribution >= 0.6 is 0 Å². The van der Waals surface area contributed by atoms with Gasteiger partial charge in [-0.15, -0.1) is 0 Å². The number of rotatable bonds is 3. The van der Waals surface area contributed by atoms with Crippen LogP contribution in [0.15, 0.2) is 0 Å². The highest BCUT2D eigenvalue weighted by Crippen LogP contribution is 2.21. The van der Waals surface area contributed by atoms with Gasteiger partial charge in [-0.2, -0.15) is 0 Å². The van der Waals surface area contributed by atoms with Gasteiger partial charge in [-0.05, 0) is 12.8 Å². The number of carbonyl (C=O) groups excluding carboxylic acids is 1. The molecule has 0 spiro atoms. The predicted octanol–water partition coefficient (Wildman–Crippen LogP) is 0.262. The quantitative estimate of drug-likeness (QED) is 0.631. The van der Waals surface area contributed by atoms with Crippen molar-refractivity contribution >= 4 is 5.91 Å². The highest BCUT2D eigenvalue weighted by Gasteiger charge is 2.37. The average Bonchev–Trinajstić information content (AvgIpc) is 1.94. The summed E-state index contributed by atoms with van der Waals surface area (Å²) in [5, 5.41) is 0. The number of likely N-dealkylation sites (tertiary alicyclic amines) is 2. The summed E-state index contributed by atoms with van der Waals surface area (Å²) in [5.41, 5.74) is 0. The van der Waals surface area contributed by atoms with Crippen LogP contribution in [-0.4, -0.2) is 54.6 Å². The molecule has 2 rings (SSSR count). The summed E-state index contributed by atoms with van der Waals surface area (Å²) < 4.78 is 12.0. The maximum Gasteiger partial charge on any atom is 0.239 e. The van der Waals surface area contributed by atoms with Gasteiger partial charge in [0.2, 0.25) is 5.91 Å². The van der Waals surface area contributed by atoms with Crippen LogP contribution < -0.4 is 0 Å². The third-order valence-corrected chi connectivity index (χ3v) is 2.96. The largest absolute Gasteiger partial charge is 0.341 e. The van der Waals surface area contributed by atoms with Crippen LogP contribution in [0.3, 0.4) is 0 Å². The fourth-order valence-corrected chi connectivity index (χ4v) is 1.84. The van der Waals surface area contributed by atoms with Crippen LogP contribution in [0.5, 0.6) is 0 Å². The van der Waals surface area contributed by atoms with Crippen molar-refractivity contribution in [2.45, 2.75) is 18.9 Å². The van der Waals surface area contributed by atoms with Crippen molar-refractivity contribution in [3.63, 3.8) is 0 Å². The van der Waals surface area contributed by atoms with E-state index >= 15 is 0 Å². The molecule has 2 aliphatic heterocycles. The number of carbonyl (C=O) groups is 1. The van der Waals surface area contributed by atoms with Gasteiger partial charge in [-0.25, -0.2) is 4.39 Å². The number of alkyl halides is 1. The molecule has 2 fully saturated rings. The zero-order valence-electron chi connectivity index (χ0n) is 7.71. The van der Waals surface area contributed by atoms with Crippen molar-refractivity contribution in [3.05, 3.63) is 0 Å². The van der Waals surface area contributed by atoms with Gasteiger partial charge in [-0.3, -0.25) is 9.69 Å². The Morgan fingerprint density at radius 2 is 2.15 bits per heavy atom. The SMILES string of the molecule is O=C(C1CCN1CCF)N1CCC1. The van der Waals surface area contributed by atoms with Crippen LogP contribution in [0.1, 0.15) is 12.8 Å². The minimum atomic E-state index is -0.343. The summed E-state index contributed by atoms with van der Waals surface area (Å²) in [6.45, 7) is 2.76. The number of nitrogens with zero attached hydrogens (tertiary/aromatic N) is 2. The topological polar surface area (TPSA) is 23.6 Å². The molecule has 1 amide bonds. The van der Waals surface area contributed by atoms with Gasteiger partial charge in [-0.1, -0.05) is 0 Å². The highest BCUT2D eigenvalue weighted by atomic mass is 19.1. The molecule has 0 saturated carbocycles. The van der Waals surface area contributed by atoms with E-state index in [1.54, 1.807) is 0 Å². The molecule has 0 N–H and O–H groups in total. The van der Waals surface area contributed by atoms with Gasteiger partial charge < -0.3 is 4.90 Å². The molecular formula is C9H15FN2O. The standard InChI is InChI=1S/C9H15FN2O/c10-3-7-11-6-2-8(11)9(13)12-4-1-5-12/h8H,1-7H2. The molecule has 3 nitrogen and oxygen atoms in total. The molecule has 1 unspecified atom stereocenters. The van der Waals surface area contributed by atoms with Crippen LogP contribution in [0.25, 0.3) is 0 Å². The minimum absolute atomic E-state index is 0.00366. The zero-order chi connectivity index (χ0) is 9.26. The Balaban J connectivity index is 1.82. The van der Waals surface area contributed by atoms with Crippen molar-refractivity contribution in [1.82, 2.24) is 9.80 Å². The summed E-state index contributed by atoms with van der Waals surface area (Å²) in [7, 11) is 0. The first kappa shape index (κ1) is 8.94. The fraction of sp³-hybridized carbons (Fsp3) is 0.889. The lowest BCUT2D eigenvalue weighted by Gasteiger charge is -2.44. The molecule has 4 heteroatoms. The average molecular weight is 186 g/mol. The lowest BCUT2D eigenvalue weighted by atomic mass is 10.00. The van der Waals surface area contributed by atoms with Crippen molar-refractivity contribution in [2.24, 2.45) is 0 Å². The molecule has 0 aromatic rings. The summed E-state index contributed by atoms with van der Waals surface area (Å²) >= 11 is 0. The van der Waals surface area contributed by atoms with E-state index in [0.717, 1.165) is 32.5 Å². The Hall–Kier alpha value is -0.640. The van der Waals surface area contributed by atoms with E-state index in [2.05, 4.69) is 0 Å². The highest BCUT2D eigenvalue weighted by molar-refractivity contribution is 5.83. The van der Waals surface area contributed by atoms with E-state index in [0.29, 0.717) is 6.54 Å². The smallest absolute Gasteiger partial charge is 0.239 e. The molecule has 0 aromatic carbocycles. The maximum absolute atomic E-state index is 12.0. The van der Waals surface area contributed by atoms with Crippen molar-refractivity contribution in [1.29, 1.82) is 0 Å². The Kier molecular flexibility index (Phi) is 2.49. The number of hydrogen-bond acceptors (Lipinski definition) is 2.